The molecule has 3 saturated carbocycles. The van der Waals surface area contributed by atoms with Crippen molar-refractivity contribution in [2.75, 3.05) is 0 Å². The minimum atomic E-state index is 0.659. The third-order valence-electron chi connectivity index (χ3n) is 9.24. The van der Waals surface area contributed by atoms with Gasteiger partial charge < -0.3 is 0 Å². The van der Waals surface area contributed by atoms with Crippen molar-refractivity contribution in [3.05, 3.63) is 35.9 Å². The molecule has 0 heterocycles. The van der Waals surface area contributed by atoms with Crippen molar-refractivity contribution in [2.24, 2.45) is 35.5 Å². The molecular weight excluding hydrogens is 528 g/mol. The summed E-state index contributed by atoms with van der Waals surface area (Å²) in [6.07, 6.45) is 22.4. The molecule has 44 heavy (non-hydrogen) atoms. The second-order valence-electron chi connectivity index (χ2n) is 13.5. The highest BCUT2D eigenvalue weighted by Gasteiger charge is 2.17. The van der Waals surface area contributed by atoms with Crippen molar-refractivity contribution in [1.29, 1.82) is 0 Å². The average Bonchev–Trinajstić information content (AvgIpc) is 3.49. The summed E-state index contributed by atoms with van der Waals surface area (Å²) in [5, 5.41) is 0. The third-order valence-corrected chi connectivity index (χ3v) is 9.24. The predicted octanol–water partition coefficient (Wildman–Crippen LogP) is 16.6. The zero-order valence-electron chi connectivity index (χ0n) is 34.0. The van der Waals surface area contributed by atoms with Gasteiger partial charge in [-0.05, 0) is 47.0 Å². The summed E-state index contributed by atoms with van der Waals surface area (Å²) < 4.78 is 0. The zero-order valence-corrected chi connectivity index (χ0v) is 34.0. The van der Waals surface area contributed by atoms with E-state index in [1.165, 1.54) is 102 Å². The summed E-state index contributed by atoms with van der Waals surface area (Å²) >= 11 is 0. The number of hydrogen-bond acceptors (Lipinski definition) is 0. The number of rotatable bonds is 4. The van der Waals surface area contributed by atoms with E-state index < -0.39 is 0 Å². The summed E-state index contributed by atoms with van der Waals surface area (Å²) in [6.45, 7) is 34.6. The fourth-order valence-electron chi connectivity index (χ4n) is 6.24. The number of hydrogen-bond donors (Lipinski definition) is 0. The van der Waals surface area contributed by atoms with Gasteiger partial charge in [-0.2, -0.15) is 0 Å². The molecule has 0 saturated heterocycles. The van der Waals surface area contributed by atoms with Crippen LogP contribution < -0.4 is 0 Å². The van der Waals surface area contributed by atoms with Crippen molar-refractivity contribution in [1.82, 2.24) is 0 Å². The van der Waals surface area contributed by atoms with Gasteiger partial charge in [0.25, 0.3) is 0 Å². The molecule has 0 aromatic heterocycles. The minimum absolute atomic E-state index is 0.659. The maximum Gasteiger partial charge on any atom is -0.0219 e. The van der Waals surface area contributed by atoms with E-state index in [1.54, 1.807) is 0 Å². The second kappa shape index (κ2) is 38.4. The summed E-state index contributed by atoms with van der Waals surface area (Å²) in [5.41, 5.74) is 1.41. The van der Waals surface area contributed by atoms with Gasteiger partial charge in [0.1, 0.15) is 0 Å². The molecule has 0 nitrogen and oxygen atoms in total. The van der Waals surface area contributed by atoms with E-state index in [-0.39, 0.29) is 0 Å². The van der Waals surface area contributed by atoms with E-state index in [2.05, 4.69) is 79.7 Å². The molecule has 0 radical (unpaired) electrons. The first kappa shape index (κ1) is 50.1. The van der Waals surface area contributed by atoms with Crippen LogP contribution in [0, 0.1) is 35.5 Å². The fourth-order valence-corrected chi connectivity index (χ4v) is 6.24. The standard InChI is InChI=1S/C10H20.C9H18.C9H12.C8H16.4C2H6/c1-9(2)10-7-5-3-4-6-8-10;2*1-8(2)9-6-4-3-5-7-9;1-7(2)8-5-3-4-6-8;4*1-2/h9-10H,3-8H2,1-2H3;8-9H,3-7H2,1-2H3;3-8H,1-2H3;7-8H,3-6H2,1-2H3;4*1-2H3. The van der Waals surface area contributed by atoms with Crippen LogP contribution in [0.5, 0.6) is 0 Å². The van der Waals surface area contributed by atoms with Crippen LogP contribution in [0.15, 0.2) is 30.3 Å². The van der Waals surface area contributed by atoms with E-state index in [1.807, 2.05) is 61.5 Å². The minimum Gasteiger partial charge on any atom is -0.0683 e. The first-order valence-electron chi connectivity index (χ1n) is 20.3. The average molecular weight is 619 g/mol. The van der Waals surface area contributed by atoms with Crippen LogP contribution in [0.25, 0.3) is 0 Å². The molecule has 0 atom stereocenters. The fraction of sp³-hybridized carbons (Fsp3) is 0.864. The molecule has 266 valence electrons. The Hall–Kier alpha value is -0.780. The van der Waals surface area contributed by atoms with Crippen molar-refractivity contribution >= 4 is 0 Å². The lowest BCUT2D eigenvalue weighted by Gasteiger charge is -2.24. The summed E-state index contributed by atoms with van der Waals surface area (Å²) in [6, 6.07) is 10.5. The molecule has 3 aliphatic carbocycles. The molecule has 0 spiro atoms. The Morgan fingerprint density at radius 1 is 0.364 bits per heavy atom. The largest absolute Gasteiger partial charge is 0.0683 e. The van der Waals surface area contributed by atoms with Crippen LogP contribution in [0.3, 0.4) is 0 Å². The summed E-state index contributed by atoms with van der Waals surface area (Å²) in [5.74, 6) is 6.63. The molecule has 3 fully saturated rings. The van der Waals surface area contributed by atoms with Crippen LogP contribution in [0.4, 0.5) is 0 Å². The van der Waals surface area contributed by atoms with Crippen molar-refractivity contribution in [3.8, 4) is 0 Å². The molecule has 0 heteroatoms. The molecule has 0 amide bonds. The van der Waals surface area contributed by atoms with E-state index >= 15 is 0 Å². The normalized spacial score (nSPS) is 16.7. The van der Waals surface area contributed by atoms with Gasteiger partial charge in [-0.25, -0.2) is 0 Å². The molecular formula is C44H90. The quantitative estimate of drug-likeness (QED) is 0.294. The Morgan fingerprint density at radius 3 is 0.795 bits per heavy atom. The summed E-state index contributed by atoms with van der Waals surface area (Å²) in [7, 11) is 0. The Morgan fingerprint density at radius 2 is 0.591 bits per heavy atom. The van der Waals surface area contributed by atoms with E-state index in [9.17, 15) is 0 Å². The highest BCUT2D eigenvalue weighted by atomic mass is 14.2. The molecule has 0 N–H and O–H groups in total. The monoisotopic (exact) mass is 619 g/mol. The van der Waals surface area contributed by atoms with Gasteiger partial charge >= 0.3 is 0 Å². The van der Waals surface area contributed by atoms with Crippen LogP contribution in [0.2, 0.25) is 0 Å². The molecule has 0 bridgehead atoms. The third kappa shape index (κ3) is 29.9. The topological polar surface area (TPSA) is 0 Å². The van der Waals surface area contributed by atoms with Crippen LogP contribution in [-0.4, -0.2) is 0 Å². The van der Waals surface area contributed by atoms with E-state index in [0.717, 1.165) is 35.5 Å². The van der Waals surface area contributed by atoms with E-state index in [4.69, 9.17) is 0 Å². The maximum atomic E-state index is 2.37. The SMILES string of the molecule is CC.CC.CC.CC.CC(C)C1CCCC1.CC(C)C1CCCCC1.CC(C)C1CCCCCC1.CC(C)c1ccccc1. The Labute approximate surface area is 283 Å². The lowest BCUT2D eigenvalue weighted by molar-refractivity contribution is 0.279. The van der Waals surface area contributed by atoms with Crippen molar-refractivity contribution in [2.45, 2.75) is 213 Å². The van der Waals surface area contributed by atoms with Gasteiger partial charge in [0.05, 0.1) is 0 Å². The van der Waals surface area contributed by atoms with Crippen LogP contribution >= 0.6 is 0 Å². The van der Waals surface area contributed by atoms with Crippen LogP contribution in [-0.2, 0) is 0 Å². The smallest absolute Gasteiger partial charge is 0.0219 e. The van der Waals surface area contributed by atoms with E-state index in [0.29, 0.717) is 5.92 Å². The van der Waals surface area contributed by atoms with Gasteiger partial charge in [0.2, 0.25) is 0 Å². The lowest BCUT2D eigenvalue weighted by atomic mass is 9.82. The first-order valence-corrected chi connectivity index (χ1v) is 20.3. The van der Waals surface area contributed by atoms with Gasteiger partial charge in [0, 0.05) is 0 Å². The van der Waals surface area contributed by atoms with Gasteiger partial charge in [-0.3, -0.25) is 0 Å². The van der Waals surface area contributed by atoms with Crippen molar-refractivity contribution in [3.63, 3.8) is 0 Å². The summed E-state index contributed by atoms with van der Waals surface area (Å²) in [4.78, 5) is 0. The molecule has 1 aromatic carbocycles. The molecule has 0 aliphatic heterocycles. The van der Waals surface area contributed by atoms with Gasteiger partial charge in [-0.15, -0.1) is 0 Å². The lowest BCUT2D eigenvalue weighted by Crippen LogP contribution is -2.12. The maximum absolute atomic E-state index is 2.37. The van der Waals surface area contributed by atoms with Crippen molar-refractivity contribution < 1.29 is 0 Å². The van der Waals surface area contributed by atoms with Gasteiger partial charge in [0.15, 0.2) is 0 Å². The zero-order chi connectivity index (χ0) is 34.8. The molecule has 0 unspecified atom stereocenters. The predicted molar refractivity (Wildman–Crippen MR) is 210 cm³/mol. The molecule has 1 aromatic rings. The Bertz CT molecular complexity index is 576. The highest BCUT2D eigenvalue weighted by molar-refractivity contribution is 5.17. The molecule has 3 aliphatic rings. The second-order valence-corrected chi connectivity index (χ2v) is 13.5. The Balaban J connectivity index is -0.000000225. The van der Waals surface area contributed by atoms with Gasteiger partial charge in [-0.1, -0.05) is 237 Å². The Kier molecular flexibility index (Phi) is 43.7. The number of benzene rings is 1. The highest BCUT2D eigenvalue weighted by Crippen LogP contribution is 2.31. The first-order chi connectivity index (χ1) is 21.2. The molecule has 4 rings (SSSR count). The van der Waals surface area contributed by atoms with Crippen LogP contribution in [0.1, 0.15) is 219 Å².